The zero-order valence-electron chi connectivity index (χ0n) is 18.4. The van der Waals surface area contributed by atoms with E-state index in [0.717, 1.165) is 63.4 Å². The van der Waals surface area contributed by atoms with Crippen molar-refractivity contribution in [3.8, 4) is 16.9 Å². The Morgan fingerprint density at radius 1 is 1.16 bits per heavy atom. The van der Waals surface area contributed by atoms with E-state index >= 15 is 0 Å². The van der Waals surface area contributed by atoms with Gasteiger partial charge in [-0.05, 0) is 62.1 Å². The van der Waals surface area contributed by atoms with Gasteiger partial charge in [0.2, 0.25) is 0 Å². The average Bonchev–Trinajstić information content (AvgIpc) is 3.19. The van der Waals surface area contributed by atoms with Gasteiger partial charge >= 0.3 is 0 Å². The normalized spacial score (nSPS) is 16.3. The van der Waals surface area contributed by atoms with E-state index in [9.17, 15) is 4.79 Å². The molecule has 0 radical (unpaired) electrons. The summed E-state index contributed by atoms with van der Waals surface area (Å²) in [6.07, 6.45) is 2.01. The Hall–Kier alpha value is -2.93. The van der Waals surface area contributed by atoms with Crippen molar-refractivity contribution in [1.29, 1.82) is 0 Å². The van der Waals surface area contributed by atoms with Crippen molar-refractivity contribution in [1.82, 2.24) is 14.9 Å². The summed E-state index contributed by atoms with van der Waals surface area (Å²) in [5.41, 5.74) is 5.11. The zero-order valence-corrected chi connectivity index (χ0v) is 19.3. The van der Waals surface area contributed by atoms with Gasteiger partial charge in [-0.25, -0.2) is 4.98 Å². The molecule has 3 heterocycles. The number of hydrogen-bond donors (Lipinski definition) is 1. The lowest BCUT2D eigenvalue weighted by Gasteiger charge is -2.32. The predicted octanol–water partition coefficient (Wildman–Crippen LogP) is 4.89. The number of carbonyl (C=O) groups excluding carboxylic acids is 1. The number of aromatic nitrogens is 2. The summed E-state index contributed by atoms with van der Waals surface area (Å²) in [4.78, 5) is 25.1. The van der Waals surface area contributed by atoms with Crippen LogP contribution in [0.1, 0.15) is 45.5 Å². The second kappa shape index (κ2) is 9.06. The highest BCUT2D eigenvalue weighted by atomic mass is 32.1. The van der Waals surface area contributed by atoms with Gasteiger partial charge in [-0.1, -0.05) is 23.5 Å². The molecule has 7 heteroatoms. The Kier molecular flexibility index (Phi) is 6.23. The Morgan fingerprint density at radius 3 is 2.61 bits per heavy atom. The lowest BCUT2D eigenvalue weighted by Crippen LogP contribution is -2.39. The molecule has 1 aliphatic heterocycles. The monoisotopic (exact) mass is 436 g/mol. The van der Waals surface area contributed by atoms with Crippen LogP contribution in [0.4, 0.5) is 5.13 Å². The summed E-state index contributed by atoms with van der Waals surface area (Å²) in [6, 6.07) is 12.4. The molecule has 3 aromatic rings. The van der Waals surface area contributed by atoms with E-state index in [-0.39, 0.29) is 11.8 Å². The van der Waals surface area contributed by atoms with Crippen LogP contribution in [0.5, 0.6) is 5.75 Å². The highest BCUT2D eigenvalue weighted by Crippen LogP contribution is 2.32. The number of aryl methyl sites for hydroxylation is 2. The fourth-order valence-electron chi connectivity index (χ4n) is 4.10. The molecule has 162 valence electrons. The molecular formula is C24H28N4O2S. The van der Waals surface area contributed by atoms with Crippen molar-refractivity contribution >= 4 is 22.4 Å². The van der Waals surface area contributed by atoms with Gasteiger partial charge in [-0.2, -0.15) is 0 Å². The van der Waals surface area contributed by atoms with Crippen LogP contribution in [-0.4, -0.2) is 48.0 Å². The molecule has 0 unspecified atom stereocenters. The predicted molar refractivity (Wildman–Crippen MR) is 125 cm³/mol. The van der Waals surface area contributed by atoms with Crippen LogP contribution < -0.4 is 10.1 Å². The molecular weight excluding hydrogens is 408 g/mol. The fraction of sp³-hybridized carbons (Fsp3) is 0.375. The zero-order chi connectivity index (χ0) is 22.0. The third kappa shape index (κ3) is 4.56. The number of nitrogens with zero attached hydrogens (tertiary/aromatic N) is 3. The summed E-state index contributed by atoms with van der Waals surface area (Å²) in [6.45, 7) is 5.39. The second-order valence-electron chi connectivity index (χ2n) is 7.92. The van der Waals surface area contributed by atoms with E-state index in [0.29, 0.717) is 6.54 Å². The topological polar surface area (TPSA) is 67.4 Å². The first kappa shape index (κ1) is 21.3. The number of hydrogen-bond acceptors (Lipinski definition) is 6. The standard InChI is InChI=1S/C24H28N4O2S/c1-15-12-19(17-7-9-20(30-4)10-8-17)13-21(26-15)18-6-5-11-28(14-18)23(29)22-16(2)27-24(25-3)31-22/h7-10,12-13,18H,5-6,11,14H2,1-4H3,(H,25,27)/t18-/m0/s1. The lowest BCUT2D eigenvalue weighted by atomic mass is 9.92. The number of rotatable bonds is 5. The van der Waals surface area contributed by atoms with Crippen LogP contribution in [0.25, 0.3) is 11.1 Å². The summed E-state index contributed by atoms with van der Waals surface area (Å²) < 4.78 is 5.28. The molecule has 1 fully saturated rings. The highest BCUT2D eigenvalue weighted by Gasteiger charge is 2.29. The molecule has 1 N–H and O–H groups in total. The van der Waals surface area contributed by atoms with E-state index in [4.69, 9.17) is 9.72 Å². The molecule has 2 aromatic heterocycles. The summed E-state index contributed by atoms with van der Waals surface area (Å²) in [5, 5.41) is 3.81. The number of pyridine rings is 1. The van der Waals surface area contributed by atoms with Gasteiger partial charge in [0, 0.05) is 37.4 Å². The number of nitrogens with one attached hydrogen (secondary N) is 1. The molecule has 1 aromatic carbocycles. The maximum Gasteiger partial charge on any atom is 0.265 e. The van der Waals surface area contributed by atoms with Crippen molar-refractivity contribution in [3.63, 3.8) is 0 Å². The second-order valence-corrected chi connectivity index (χ2v) is 8.92. The largest absolute Gasteiger partial charge is 0.497 e. The Morgan fingerprint density at radius 2 is 1.94 bits per heavy atom. The Balaban J connectivity index is 1.57. The maximum atomic E-state index is 13.2. The number of methoxy groups -OCH3 is 1. The van der Waals surface area contributed by atoms with Gasteiger partial charge in [0.1, 0.15) is 10.6 Å². The minimum absolute atomic E-state index is 0.0734. The van der Waals surface area contributed by atoms with E-state index in [2.05, 4.69) is 34.6 Å². The van der Waals surface area contributed by atoms with E-state index in [1.54, 1.807) is 7.11 Å². The molecule has 0 spiro atoms. The van der Waals surface area contributed by atoms with Crippen molar-refractivity contribution in [2.75, 3.05) is 32.6 Å². The fourth-order valence-corrected chi connectivity index (χ4v) is 4.99. The molecule has 0 bridgehead atoms. The van der Waals surface area contributed by atoms with Crippen molar-refractivity contribution in [2.24, 2.45) is 0 Å². The van der Waals surface area contributed by atoms with Gasteiger partial charge in [-0.3, -0.25) is 9.78 Å². The first-order valence-electron chi connectivity index (χ1n) is 10.6. The molecule has 1 aliphatic rings. The summed E-state index contributed by atoms with van der Waals surface area (Å²) in [5.74, 6) is 1.15. The van der Waals surface area contributed by atoms with Crippen molar-refractivity contribution in [2.45, 2.75) is 32.6 Å². The van der Waals surface area contributed by atoms with Gasteiger partial charge in [0.15, 0.2) is 5.13 Å². The van der Waals surface area contributed by atoms with Crippen molar-refractivity contribution < 1.29 is 9.53 Å². The van der Waals surface area contributed by atoms with E-state index in [1.807, 2.05) is 37.9 Å². The Labute approximate surface area is 187 Å². The first-order chi connectivity index (χ1) is 15.0. The summed E-state index contributed by atoms with van der Waals surface area (Å²) in [7, 11) is 3.50. The molecule has 0 aliphatic carbocycles. The minimum atomic E-state index is 0.0734. The highest BCUT2D eigenvalue weighted by molar-refractivity contribution is 7.17. The number of amides is 1. The van der Waals surface area contributed by atoms with Gasteiger partial charge in [0.05, 0.1) is 12.8 Å². The number of anilines is 1. The smallest absolute Gasteiger partial charge is 0.265 e. The quantitative estimate of drug-likeness (QED) is 0.617. The molecule has 1 saturated heterocycles. The average molecular weight is 437 g/mol. The molecule has 6 nitrogen and oxygen atoms in total. The number of carbonyl (C=O) groups is 1. The number of piperidine rings is 1. The third-order valence-corrected chi connectivity index (χ3v) is 6.89. The van der Waals surface area contributed by atoms with E-state index in [1.165, 1.54) is 11.3 Å². The minimum Gasteiger partial charge on any atom is -0.497 e. The van der Waals surface area contributed by atoms with Gasteiger partial charge in [0.25, 0.3) is 5.91 Å². The number of benzene rings is 1. The SMILES string of the molecule is CNc1nc(C)c(C(=O)N2CCC[C@H](c3cc(-c4ccc(OC)cc4)cc(C)n3)C2)s1. The van der Waals surface area contributed by atoms with Crippen LogP contribution in [-0.2, 0) is 0 Å². The first-order valence-corrected chi connectivity index (χ1v) is 11.4. The molecule has 31 heavy (non-hydrogen) atoms. The number of thiazole rings is 1. The molecule has 0 saturated carbocycles. The van der Waals surface area contributed by atoms with Crippen LogP contribution in [0.2, 0.25) is 0 Å². The molecule has 4 rings (SSSR count). The molecule has 1 amide bonds. The Bertz CT molecular complexity index is 1080. The van der Waals surface area contributed by atoms with E-state index < -0.39 is 0 Å². The van der Waals surface area contributed by atoms with Crippen LogP contribution in [0.15, 0.2) is 36.4 Å². The van der Waals surface area contributed by atoms with Gasteiger partial charge in [-0.15, -0.1) is 0 Å². The number of ether oxygens (including phenoxy) is 1. The van der Waals surface area contributed by atoms with Crippen LogP contribution in [0.3, 0.4) is 0 Å². The molecule has 1 atom stereocenters. The lowest BCUT2D eigenvalue weighted by molar-refractivity contribution is 0.0710. The number of likely N-dealkylation sites (tertiary alicyclic amines) is 1. The van der Waals surface area contributed by atoms with Gasteiger partial charge < -0.3 is 15.0 Å². The maximum absolute atomic E-state index is 13.2. The van der Waals surface area contributed by atoms with Crippen LogP contribution >= 0.6 is 11.3 Å². The third-order valence-electron chi connectivity index (χ3n) is 5.73. The summed E-state index contributed by atoms with van der Waals surface area (Å²) >= 11 is 1.42. The van der Waals surface area contributed by atoms with Crippen molar-refractivity contribution in [3.05, 3.63) is 58.4 Å². The van der Waals surface area contributed by atoms with Crippen LogP contribution in [0, 0.1) is 13.8 Å².